The van der Waals surface area contributed by atoms with Crippen LogP contribution < -0.4 is 21.3 Å². The maximum atomic E-state index is 12.6. The Hall–Kier alpha value is -2.66. The fourth-order valence-electron chi connectivity index (χ4n) is 2.55. The Bertz CT molecular complexity index is 695. The van der Waals surface area contributed by atoms with Gasteiger partial charge in [0, 0.05) is 6.92 Å². The summed E-state index contributed by atoms with van der Waals surface area (Å²) in [5.74, 6) is -5.55. The van der Waals surface area contributed by atoms with E-state index in [2.05, 4.69) is 16.0 Å². The Morgan fingerprint density at radius 2 is 1.00 bits per heavy atom. The molecule has 4 N–H and O–H groups in total. The molecular formula is C19H31F3N4O5. The van der Waals surface area contributed by atoms with Crippen LogP contribution in [0.25, 0.3) is 0 Å². The molecule has 0 radical (unpaired) electrons. The summed E-state index contributed by atoms with van der Waals surface area (Å²) in [6, 6.07) is -5.06. The second-order valence-corrected chi connectivity index (χ2v) is 7.98. The van der Waals surface area contributed by atoms with Crippen LogP contribution in [0.5, 0.6) is 0 Å². The minimum absolute atomic E-state index is 0.267. The van der Waals surface area contributed by atoms with Crippen molar-refractivity contribution >= 4 is 29.4 Å². The maximum absolute atomic E-state index is 12.6. The van der Waals surface area contributed by atoms with E-state index in [0.29, 0.717) is 0 Å². The SMILES string of the molecule is CC(=O)NC(C(=O)N[C@H](C(=O)NC(C)C(=O)NC(C)C(=O)C(F)(F)F)C(C)C)C(C)C. The monoisotopic (exact) mass is 452 g/mol. The quantitative estimate of drug-likeness (QED) is 0.382. The lowest BCUT2D eigenvalue weighted by Gasteiger charge is -2.27. The van der Waals surface area contributed by atoms with Crippen LogP contribution in [0.3, 0.4) is 0 Å². The van der Waals surface area contributed by atoms with Crippen molar-refractivity contribution in [3.8, 4) is 0 Å². The lowest BCUT2D eigenvalue weighted by atomic mass is 9.99. The van der Waals surface area contributed by atoms with E-state index in [1.54, 1.807) is 27.7 Å². The maximum Gasteiger partial charge on any atom is 0.452 e. The number of Topliss-reactive ketones (excluding diaryl/α,β-unsaturated/α-hetero) is 1. The Morgan fingerprint density at radius 1 is 0.613 bits per heavy atom. The molecule has 0 spiro atoms. The molecule has 0 aromatic heterocycles. The van der Waals surface area contributed by atoms with Gasteiger partial charge in [-0.15, -0.1) is 0 Å². The van der Waals surface area contributed by atoms with Crippen molar-refractivity contribution in [1.29, 1.82) is 0 Å². The Balaban J connectivity index is 5.16. The molecule has 0 aliphatic heterocycles. The molecule has 0 rings (SSSR count). The van der Waals surface area contributed by atoms with Crippen molar-refractivity contribution in [1.82, 2.24) is 21.3 Å². The molecule has 0 heterocycles. The molecule has 0 aromatic carbocycles. The summed E-state index contributed by atoms with van der Waals surface area (Å²) in [6.07, 6.45) is -5.10. The minimum atomic E-state index is -5.10. The number of alkyl halides is 3. The summed E-state index contributed by atoms with van der Waals surface area (Å²) >= 11 is 0. The lowest BCUT2D eigenvalue weighted by Crippen LogP contribution is -2.59. The summed E-state index contributed by atoms with van der Waals surface area (Å²) in [5.41, 5.74) is 0. The molecular weight excluding hydrogens is 421 g/mol. The fraction of sp³-hybridized carbons (Fsp3) is 0.737. The van der Waals surface area contributed by atoms with Gasteiger partial charge < -0.3 is 21.3 Å². The highest BCUT2D eigenvalue weighted by atomic mass is 19.4. The molecule has 4 amide bonds. The number of halogens is 3. The molecule has 3 unspecified atom stereocenters. The van der Waals surface area contributed by atoms with E-state index in [4.69, 9.17) is 0 Å². The Kier molecular flexibility index (Phi) is 10.7. The van der Waals surface area contributed by atoms with Crippen LogP contribution in [-0.4, -0.2) is 59.8 Å². The second-order valence-electron chi connectivity index (χ2n) is 7.98. The van der Waals surface area contributed by atoms with Crippen molar-refractivity contribution in [2.45, 2.75) is 78.8 Å². The first-order valence-electron chi connectivity index (χ1n) is 9.78. The third-order valence-electron chi connectivity index (χ3n) is 4.34. The van der Waals surface area contributed by atoms with Crippen molar-refractivity contribution in [2.24, 2.45) is 11.8 Å². The summed E-state index contributed by atoms with van der Waals surface area (Å²) in [4.78, 5) is 59.7. The fourth-order valence-corrected chi connectivity index (χ4v) is 2.55. The van der Waals surface area contributed by atoms with Crippen LogP contribution in [0.2, 0.25) is 0 Å². The zero-order valence-corrected chi connectivity index (χ0v) is 18.6. The molecule has 4 atom stereocenters. The molecule has 0 aliphatic rings. The van der Waals surface area contributed by atoms with Gasteiger partial charge in [0.15, 0.2) is 0 Å². The summed E-state index contributed by atoms with van der Waals surface area (Å²) in [7, 11) is 0. The molecule has 0 saturated carbocycles. The highest BCUT2D eigenvalue weighted by molar-refractivity contribution is 5.96. The van der Waals surface area contributed by atoms with Gasteiger partial charge in [0.2, 0.25) is 23.6 Å². The molecule has 9 nitrogen and oxygen atoms in total. The van der Waals surface area contributed by atoms with Gasteiger partial charge in [-0.1, -0.05) is 27.7 Å². The van der Waals surface area contributed by atoms with E-state index < -0.39 is 65.7 Å². The van der Waals surface area contributed by atoms with Crippen LogP contribution in [0.4, 0.5) is 13.2 Å². The molecule has 0 aromatic rings. The van der Waals surface area contributed by atoms with Crippen molar-refractivity contribution in [3.05, 3.63) is 0 Å². The summed E-state index contributed by atoms with van der Waals surface area (Å²) < 4.78 is 37.3. The van der Waals surface area contributed by atoms with Crippen LogP contribution in [0.15, 0.2) is 0 Å². The Labute approximate surface area is 179 Å². The van der Waals surface area contributed by atoms with Crippen molar-refractivity contribution < 1.29 is 37.1 Å². The summed E-state index contributed by atoms with van der Waals surface area (Å²) in [6.45, 7) is 10.1. The van der Waals surface area contributed by atoms with E-state index >= 15 is 0 Å². The zero-order chi connectivity index (χ0) is 24.7. The van der Waals surface area contributed by atoms with Gasteiger partial charge in [-0.2, -0.15) is 13.2 Å². The minimum Gasteiger partial charge on any atom is -0.344 e. The van der Waals surface area contributed by atoms with Crippen LogP contribution in [-0.2, 0) is 24.0 Å². The van der Waals surface area contributed by atoms with E-state index in [9.17, 15) is 37.1 Å². The number of carbonyl (C=O) groups is 5. The van der Waals surface area contributed by atoms with Crippen molar-refractivity contribution in [3.63, 3.8) is 0 Å². The van der Waals surface area contributed by atoms with Crippen LogP contribution in [0.1, 0.15) is 48.5 Å². The zero-order valence-electron chi connectivity index (χ0n) is 18.6. The molecule has 178 valence electrons. The molecule has 0 bridgehead atoms. The van der Waals surface area contributed by atoms with Crippen LogP contribution in [0, 0.1) is 11.8 Å². The number of amides is 4. The average Bonchev–Trinajstić information content (AvgIpc) is 2.61. The smallest absolute Gasteiger partial charge is 0.344 e. The van der Waals surface area contributed by atoms with Crippen molar-refractivity contribution in [2.75, 3.05) is 0 Å². The first-order valence-corrected chi connectivity index (χ1v) is 9.78. The Morgan fingerprint density at radius 3 is 1.39 bits per heavy atom. The largest absolute Gasteiger partial charge is 0.452 e. The van der Waals surface area contributed by atoms with Gasteiger partial charge in [0.05, 0.1) is 6.04 Å². The molecule has 0 saturated heterocycles. The topological polar surface area (TPSA) is 133 Å². The number of hydrogen-bond donors (Lipinski definition) is 4. The van der Waals surface area contributed by atoms with Gasteiger partial charge in [-0.25, -0.2) is 0 Å². The van der Waals surface area contributed by atoms with E-state index in [-0.39, 0.29) is 5.92 Å². The second kappa shape index (κ2) is 11.7. The number of hydrogen-bond acceptors (Lipinski definition) is 5. The normalized spacial score (nSPS) is 15.5. The number of ketones is 1. The molecule has 31 heavy (non-hydrogen) atoms. The van der Waals surface area contributed by atoms with Crippen LogP contribution >= 0.6 is 0 Å². The number of rotatable bonds is 10. The van der Waals surface area contributed by atoms with Gasteiger partial charge in [0.25, 0.3) is 5.78 Å². The molecule has 0 fully saturated rings. The first kappa shape index (κ1) is 28.3. The molecule has 12 heteroatoms. The molecule has 0 aliphatic carbocycles. The van der Waals surface area contributed by atoms with Gasteiger partial charge in [-0.3, -0.25) is 24.0 Å². The van der Waals surface area contributed by atoms with E-state index in [1.165, 1.54) is 13.8 Å². The van der Waals surface area contributed by atoms with Gasteiger partial charge >= 0.3 is 6.18 Å². The third-order valence-corrected chi connectivity index (χ3v) is 4.34. The van der Waals surface area contributed by atoms with Gasteiger partial charge in [-0.05, 0) is 25.7 Å². The summed E-state index contributed by atoms with van der Waals surface area (Å²) in [5, 5.41) is 9.23. The third kappa shape index (κ3) is 9.35. The highest BCUT2D eigenvalue weighted by Gasteiger charge is 2.42. The highest BCUT2D eigenvalue weighted by Crippen LogP contribution is 2.17. The standard InChI is InChI=1S/C19H31F3N4O5/c1-8(2)13(25-12(7)27)18(31)26-14(9(3)4)17(30)24-11(6)16(29)23-10(5)15(28)19(20,21)22/h8-11,13-14H,1-7H3,(H,23,29)(H,24,30)(H,25,27)(H,26,31)/t10?,11?,13?,14-/m0/s1. The predicted molar refractivity (Wildman–Crippen MR) is 105 cm³/mol. The van der Waals surface area contributed by atoms with E-state index in [1.807, 2.05) is 5.32 Å². The predicted octanol–water partition coefficient (Wildman–Crippen LogP) is 0.429. The lowest BCUT2D eigenvalue weighted by molar-refractivity contribution is -0.173. The number of nitrogens with one attached hydrogen (secondary N) is 4. The average molecular weight is 452 g/mol. The van der Waals surface area contributed by atoms with Gasteiger partial charge in [0.1, 0.15) is 18.1 Å². The van der Waals surface area contributed by atoms with E-state index in [0.717, 1.165) is 6.92 Å². The first-order chi connectivity index (χ1) is 14.0. The number of carbonyl (C=O) groups excluding carboxylic acids is 5.